The number of carboxylic acids is 1. The normalized spacial score (nSPS) is 12.1. The smallest absolute Gasteiger partial charge is 0.339 e. The fourth-order valence-electron chi connectivity index (χ4n) is 0.910. The second kappa shape index (κ2) is 5.28. The van der Waals surface area contributed by atoms with E-state index in [9.17, 15) is 4.79 Å². The highest BCUT2D eigenvalue weighted by Gasteiger charge is 2.12. The van der Waals surface area contributed by atoms with Gasteiger partial charge in [0.15, 0.2) is 5.75 Å². The summed E-state index contributed by atoms with van der Waals surface area (Å²) in [5.41, 5.74) is -0.0323. The lowest BCUT2D eigenvalue weighted by Gasteiger charge is -2.10. The molecule has 1 heterocycles. The van der Waals surface area contributed by atoms with Gasteiger partial charge in [0.25, 0.3) is 0 Å². The minimum atomic E-state index is -1.13. The molecule has 0 radical (unpaired) electrons. The van der Waals surface area contributed by atoms with Gasteiger partial charge < -0.3 is 20.1 Å². The molecule has 1 aromatic rings. The summed E-state index contributed by atoms with van der Waals surface area (Å²) in [5.74, 6) is -1.07. The predicted molar refractivity (Wildman–Crippen MR) is 49.8 cm³/mol. The molecule has 0 spiro atoms. The maximum absolute atomic E-state index is 10.7. The van der Waals surface area contributed by atoms with E-state index >= 15 is 0 Å². The number of aromatic nitrogens is 1. The fourth-order valence-corrected chi connectivity index (χ4v) is 0.910. The van der Waals surface area contributed by atoms with E-state index in [2.05, 4.69) is 4.98 Å². The van der Waals surface area contributed by atoms with E-state index in [1.54, 1.807) is 0 Å². The van der Waals surface area contributed by atoms with Gasteiger partial charge in [-0.2, -0.15) is 0 Å². The quantitative estimate of drug-likeness (QED) is 0.610. The van der Waals surface area contributed by atoms with Crippen LogP contribution in [-0.4, -0.2) is 45.6 Å². The number of aliphatic hydroxyl groups is 2. The van der Waals surface area contributed by atoms with Crippen molar-refractivity contribution in [3.8, 4) is 5.75 Å². The van der Waals surface area contributed by atoms with Gasteiger partial charge in [0.1, 0.15) is 18.3 Å². The van der Waals surface area contributed by atoms with Gasteiger partial charge in [0.2, 0.25) is 0 Å². The molecule has 1 atom stereocenters. The summed E-state index contributed by atoms with van der Waals surface area (Å²) < 4.78 is 5.00. The molecule has 0 aliphatic carbocycles. The molecule has 0 aliphatic heterocycles. The van der Waals surface area contributed by atoms with E-state index in [0.29, 0.717) is 0 Å². The van der Waals surface area contributed by atoms with Crippen molar-refractivity contribution in [2.45, 2.75) is 6.10 Å². The summed E-state index contributed by atoms with van der Waals surface area (Å²) in [4.78, 5) is 14.4. The van der Waals surface area contributed by atoms with E-state index in [-0.39, 0.29) is 17.9 Å². The number of hydrogen-bond donors (Lipinski definition) is 3. The van der Waals surface area contributed by atoms with Crippen molar-refractivity contribution in [3.63, 3.8) is 0 Å². The highest BCUT2D eigenvalue weighted by atomic mass is 16.5. The topological polar surface area (TPSA) is 99.9 Å². The Kier molecular flexibility index (Phi) is 4.02. The molecule has 6 nitrogen and oxygen atoms in total. The minimum absolute atomic E-state index is 0.0323. The van der Waals surface area contributed by atoms with Crippen molar-refractivity contribution in [1.29, 1.82) is 0 Å². The zero-order chi connectivity index (χ0) is 11.3. The number of nitrogens with zero attached hydrogens (tertiary/aromatic N) is 1. The van der Waals surface area contributed by atoms with E-state index in [4.69, 9.17) is 20.1 Å². The Bertz CT molecular complexity index is 341. The fraction of sp³-hybridized carbons (Fsp3) is 0.333. The molecule has 0 amide bonds. The van der Waals surface area contributed by atoms with Crippen molar-refractivity contribution in [2.24, 2.45) is 0 Å². The average molecular weight is 213 g/mol. The largest absolute Gasteiger partial charge is 0.488 e. The number of rotatable bonds is 5. The molecule has 82 valence electrons. The SMILES string of the molecule is O=C(O)c1ccncc1OCC(O)CO. The molecular formula is C9H11NO5. The molecule has 1 unspecified atom stereocenters. The van der Waals surface area contributed by atoms with Crippen molar-refractivity contribution in [2.75, 3.05) is 13.2 Å². The Hall–Kier alpha value is -1.66. The molecule has 1 rings (SSSR count). The third-order valence-corrected chi connectivity index (χ3v) is 1.66. The van der Waals surface area contributed by atoms with Crippen molar-refractivity contribution >= 4 is 5.97 Å². The van der Waals surface area contributed by atoms with Crippen LogP contribution in [0.25, 0.3) is 0 Å². The van der Waals surface area contributed by atoms with E-state index in [1.165, 1.54) is 18.5 Å². The highest BCUT2D eigenvalue weighted by molar-refractivity contribution is 5.90. The molecule has 0 aromatic carbocycles. The van der Waals surface area contributed by atoms with Crippen LogP contribution in [0.15, 0.2) is 18.5 Å². The van der Waals surface area contributed by atoms with Crippen LogP contribution in [0.3, 0.4) is 0 Å². The monoisotopic (exact) mass is 213 g/mol. The number of aromatic carboxylic acids is 1. The van der Waals surface area contributed by atoms with Crippen LogP contribution in [-0.2, 0) is 0 Å². The zero-order valence-electron chi connectivity index (χ0n) is 7.83. The second-order valence-electron chi connectivity index (χ2n) is 2.82. The van der Waals surface area contributed by atoms with Crippen molar-refractivity contribution < 1.29 is 24.9 Å². The van der Waals surface area contributed by atoms with Gasteiger partial charge in [0, 0.05) is 6.20 Å². The minimum Gasteiger partial charge on any atom is -0.488 e. The number of carbonyl (C=O) groups is 1. The molecule has 0 saturated heterocycles. The zero-order valence-corrected chi connectivity index (χ0v) is 7.83. The Morgan fingerprint density at radius 2 is 2.33 bits per heavy atom. The van der Waals surface area contributed by atoms with Crippen LogP contribution < -0.4 is 4.74 Å². The average Bonchev–Trinajstić information content (AvgIpc) is 2.26. The molecule has 1 aromatic heterocycles. The Labute approximate surface area is 85.8 Å². The number of pyridine rings is 1. The Balaban J connectivity index is 2.72. The lowest BCUT2D eigenvalue weighted by atomic mass is 10.2. The maximum atomic E-state index is 10.7. The molecule has 3 N–H and O–H groups in total. The first kappa shape index (κ1) is 11.4. The molecular weight excluding hydrogens is 202 g/mol. The summed E-state index contributed by atoms with van der Waals surface area (Å²) in [6, 6.07) is 1.29. The Morgan fingerprint density at radius 3 is 2.93 bits per heavy atom. The third-order valence-electron chi connectivity index (χ3n) is 1.66. The first-order valence-corrected chi connectivity index (χ1v) is 4.24. The van der Waals surface area contributed by atoms with Gasteiger partial charge in [-0.1, -0.05) is 0 Å². The first-order valence-electron chi connectivity index (χ1n) is 4.24. The van der Waals surface area contributed by atoms with Crippen LogP contribution in [0, 0.1) is 0 Å². The van der Waals surface area contributed by atoms with E-state index in [0.717, 1.165) is 0 Å². The van der Waals surface area contributed by atoms with Crippen molar-refractivity contribution in [1.82, 2.24) is 4.98 Å². The summed E-state index contributed by atoms with van der Waals surface area (Å²) in [6.07, 6.45) is 1.54. The van der Waals surface area contributed by atoms with Gasteiger partial charge in [-0.15, -0.1) is 0 Å². The van der Waals surface area contributed by atoms with Crippen LogP contribution in [0.1, 0.15) is 10.4 Å². The number of hydrogen-bond acceptors (Lipinski definition) is 5. The van der Waals surface area contributed by atoms with Gasteiger partial charge in [-0.05, 0) is 6.07 Å². The van der Waals surface area contributed by atoms with Crippen molar-refractivity contribution in [3.05, 3.63) is 24.0 Å². The van der Waals surface area contributed by atoms with Gasteiger partial charge in [-0.3, -0.25) is 4.98 Å². The lowest BCUT2D eigenvalue weighted by molar-refractivity contribution is 0.0518. The maximum Gasteiger partial charge on any atom is 0.339 e. The predicted octanol–water partition coefficient (Wildman–Crippen LogP) is -0.488. The highest BCUT2D eigenvalue weighted by Crippen LogP contribution is 2.16. The molecule has 0 bridgehead atoms. The van der Waals surface area contributed by atoms with Gasteiger partial charge >= 0.3 is 5.97 Å². The summed E-state index contributed by atoms with van der Waals surface area (Å²) in [7, 11) is 0. The number of ether oxygens (including phenoxy) is 1. The Morgan fingerprint density at radius 1 is 1.60 bits per heavy atom. The number of carboxylic acid groups (broad SMARTS) is 1. The van der Waals surface area contributed by atoms with Crippen LogP contribution in [0.2, 0.25) is 0 Å². The number of aliphatic hydroxyl groups excluding tert-OH is 2. The second-order valence-corrected chi connectivity index (χ2v) is 2.82. The molecule has 0 aliphatic rings. The summed E-state index contributed by atoms with van der Waals surface area (Å²) in [5, 5.41) is 26.3. The van der Waals surface area contributed by atoms with Crippen LogP contribution >= 0.6 is 0 Å². The molecule has 15 heavy (non-hydrogen) atoms. The summed E-state index contributed by atoms with van der Waals surface area (Å²) in [6.45, 7) is -0.620. The lowest BCUT2D eigenvalue weighted by Crippen LogP contribution is -2.22. The van der Waals surface area contributed by atoms with Gasteiger partial charge in [-0.25, -0.2) is 4.79 Å². The third kappa shape index (κ3) is 3.19. The van der Waals surface area contributed by atoms with Gasteiger partial charge in [0.05, 0.1) is 12.8 Å². The standard InChI is InChI=1S/C9H11NO5/c11-4-6(12)5-15-8-3-10-2-1-7(8)9(13)14/h1-3,6,11-12H,4-5H2,(H,13,14). The molecule has 6 heteroatoms. The molecule has 0 fully saturated rings. The van der Waals surface area contributed by atoms with Crippen LogP contribution in [0.4, 0.5) is 0 Å². The first-order chi connectivity index (χ1) is 7.15. The van der Waals surface area contributed by atoms with E-state index in [1.807, 2.05) is 0 Å². The van der Waals surface area contributed by atoms with E-state index < -0.39 is 18.7 Å². The van der Waals surface area contributed by atoms with Crippen LogP contribution in [0.5, 0.6) is 5.75 Å². The molecule has 0 saturated carbocycles. The summed E-state index contributed by atoms with van der Waals surface area (Å²) >= 11 is 0.